The largest absolute Gasteiger partial charge is 0.496 e. The van der Waals surface area contributed by atoms with Crippen molar-refractivity contribution in [2.75, 3.05) is 11.8 Å². The Labute approximate surface area is 119 Å². The fourth-order valence-corrected chi connectivity index (χ4v) is 2.91. The van der Waals surface area contributed by atoms with Crippen LogP contribution in [0.2, 0.25) is 0 Å². The minimum atomic E-state index is -3.65. The molecule has 5 nitrogen and oxygen atoms in total. The van der Waals surface area contributed by atoms with E-state index in [9.17, 15) is 8.42 Å². The van der Waals surface area contributed by atoms with Gasteiger partial charge in [0.25, 0.3) is 10.0 Å². The molecular weight excluding hydrogens is 332 g/mol. The van der Waals surface area contributed by atoms with Gasteiger partial charge in [0.2, 0.25) is 0 Å². The van der Waals surface area contributed by atoms with E-state index in [-0.39, 0.29) is 4.90 Å². The first-order valence-electron chi connectivity index (χ1n) is 5.29. The summed E-state index contributed by atoms with van der Waals surface area (Å²) in [5.74, 6) is 0.453. The Kier molecular flexibility index (Phi) is 4.06. The van der Waals surface area contributed by atoms with E-state index in [4.69, 9.17) is 4.74 Å². The summed E-state index contributed by atoms with van der Waals surface area (Å²) in [6.45, 7) is 0. The van der Waals surface area contributed by atoms with Gasteiger partial charge in [-0.1, -0.05) is 0 Å². The van der Waals surface area contributed by atoms with Gasteiger partial charge < -0.3 is 4.74 Å². The van der Waals surface area contributed by atoms with Crippen LogP contribution in [-0.4, -0.2) is 20.5 Å². The van der Waals surface area contributed by atoms with Crippen molar-refractivity contribution in [3.05, 3.63) is 47.2 Å². The number of rotatable bonds is 4. The average molecular weight is 343 g/mol. The smallest absolute Gasteiger partial charge is 0.262 e. The average Bonchev–Trinajstić information content (AvgIpc) is 2.39. The highest BCUT2D eigenvalue weighted by molar-refractivity contribution is 9.10. The van der Waals surface area contributed by atoms with Crippen molar-refractivity contribution in [3.8, 4) is 5.75 Å². The third kappa shape index (κ3) is 3.24. The van der Waals surface area contributed by atoms with E-state index in [2.05, 4.69) is 25.6 Å². The van der Waals surface area contributed by atoms with Crippen molar-refractivity contribution in [1.82, 2.24) is 4.98 Å². The molecule has 19 heavy (non-hydrogen) atoms. The highest BCUT2D eigenvalue weighted by atomic mass is 79.9. The lowest BCUT2D eigenvalue weighted by Crippen LogP contribution is -2.13. The first kappa shape index (κ1) is 13.8. The van der Waals surface area contributed by atoms with Crippen LogP contribution in [0.5, 0.6) is 5.75 Å². The van der Waals surface area contributed by atoms with Crippen LogP contribution in [0.25, 0.3) is 0 Å². The molecule has 0 aliphatic rings. The van der Waals surface area contributed by atoms with Crippen LogP contribution >= 0.6 is 15.9 Å². The van der Waals surface area contributed by atoms with Crippen molar-refractivity contribution in [3.63, 3.8) is 0 Å². The van der Waals surface area contributed by atoms with E-state index in [0.29, 0.717) is 15.9 Å². The summed E-state index contributed by atoms with van der Waals surface area (Å²) < 4.78 is 32.6. The minimum absolute atomic E-state index is 0.122. The Morgan fingerprint density at radius 1 is 1.32 bits per heavy atom. The number of benzene rings is 1. The summed E-state index contributed by atoms with van der Waals surface area (Å²) in [6.07, 6.45) is 3.01. The second-order valence-corrected chi connectivity index (χ2v) is 6.18. The van der Waals surface area contributed by atoms with Gasteiger partial charge in [0.1, 0.15) is 5.75 Å². The van der Waals surface area contributed by atoms with Gasteiger partial charge in [0.15, 0.2) is 0 Å². The molecule has 0 aliphatic heterocycles. The fraction of sp³-hybridized carbons (Fsp3) is 0.0833. The molecule has 0 saturated heterocycles. The lowest BCUT2D eigenvalue weighted by atomic mass is 10.3. The zero-order chi connectivity index (χ0) is 13.9. The molecule has 1 aromatic heterocycles. The number of ether oxygens (including phenoxy) is 1. The van der Waals surface area contributed by atoms with Crippen LogP contribution in [0.15, 0.2) is 52.1 Å². The van der Waals surface area contributed by atoms with Crippen LogP contribution in [-0.2, 0) is 10.0 Å². The molecule has 0 atom stereocenters. The van der Waals surface area contributed by atoms with E-state index in [1.165, 1.54) is 25.4 Å². The number of methoxy groups -OCH3 is 1. The van der Waals surface area contributed by atoms with Crippen LogP contribution in [0.4, 0.5) is 5.69 Å². The molecule has 0 fully saturated rings. The van der Waals surface area contributed by atoms with Gasteiger partial charge >= 0.3 is 0 Å². The summed E-state index contributed by atoms with van der Waals surface area (Å²) in [5.41, 5.74) is 0.407. The highest BCUT2D eigenvalue weighted by Crippen LogP contribution is 2.28. The summed E-state index contributed by atoms with van der Waals surface area (Å²) in [5, 5.41) is 0. The summed E-state index contributed by atoms with van der Waals surface area (Å²) >= 11 is 3.27. The molecule has 0 spiro atoms. The minimum Gasteiger partial charge on any atom is -0.496 e. The number of hydrogen-bond acceptors (Lipinski definition) is 4. The monoisotopic (exact) mass is 342 g/mol. The molecule has 100 valence electrons. The molecule has 2 rings (SSSR count). The molecule has 0 unspecified atom stereocenters. The number of aromatic nitrogens is 1. The van der Waals surface area contributed by atoms with Crippen molar-refractivity contribution in [1.29, 1.82) is 0 Å². The van der Waals surface area contributed by atoms with E-state index < -0.39 is 10.0 Å². The molecule has 0 radical (unpaired) electrons. The van der Waals surface area contributed by atoms with Crippen molar-refractivity contribution in [2.24, 2.45) is 0 Å². The standard InChI is InChI=1S/C12H11BrN2O3S/c1-18-12-7-10(4-5-11(12)13)19(16,17)15-9-3-2-6-14-8-9/h2-8,15H,1H3. The Bertz CT molecular complexity index is 675. The molecule has 0 amide bonds. The van der Waals surface area contributed by atoms with Gasteiger partial charge in [-0.25, -0.2) is 8.42 Å². The Morgan fingerprint density at radius 3 is 2.74 bits per heavy atom. The van der Waals surface area contributed by atoms with Crippen molar-refractivity contribution < 1.29 is 13.2 Å². The topological polar surface area (TPSA) is 68.3 Å². The van der Waals surface area contributed by atoms with Crippen molar-refractivity contribution >= 4 is 31.6 Å². The second-order valence-electron chi connectivity index (χ2n) is 3.64. The van der Waals surface area contributed by atoms with Gasteiger partial charge in [-0.3, -0.25) is 9.71 Å². The quantitative estimate of drug-likeness (QED) is 0.927. The number of nitrogens with one attached hydrogen (secondary N) is 1. The number of nitrogens with zero attached hydrogens (tertiary/aromatic N) is 1. The SMILES string of the molecule is COc1cc(S(=O)(=O)Nc2cccnc2)ccc1Br. The second kappa shape index (κ2) is 5.58. The van der Waals surface area contributed by atoms with Gasteiger partial charge in [0.05, 0.1) is 28.4 Å². The maximum atomic E-state index is 12.2. The number of pyridine rings is 1. The molecule has 7 heteroatoms. The van der Waals surface area contributed by atoms with E-state index in [1.807, 2.05) is 0 Å². The van der Waals surface area contributed by atoms with Crippen LogP contribution < -0.4 is 9.46 Å². The maximum Gasteiger partial charge on any atom is 0.262 e. The number of hydrogen-bond donors (Lipinski definition) is 1. The zero-order valence-electron chi connectivity index (χ0n) is 10.00. The molecule has 1 aromatic carbocycles. The van der Waals surface area contributed by atoms with Crippen LogP contribution in [0.1, 0.15) is 0 Å². The Balaban J connectivity index is 2.35. The van der Waals surface area contributed by atoms with Gasteiger partial charge in [-0.15, -0.1) is 0 Å². The lowest BCUT2D eigenvalue weighted by molar-refractivity contribution is 0.411. The molecule has 1 N–H and O–H groups in total. The Hall–Kier alpha value is -1.60. The molecule has 0 bridgehead atoms. The molecule has 0 saturated carbocycles. The molecule has 0 aliphatic carbocycles. The summed E-state index contributed by atoms with van der Waals surface area (Å²) in [7, 11) is -2.18. The van der Waals surface area contributed by atoms with E-state index in [1.54, 1.807) is 24.4 Å². The van der Waals surface area contributed by atoms with Gasteiger partial charge in [0, 0.05) is 12.3 Å². The highest BCUT2D eigenvalue weighted by Gasteiger charge is 2.16. The van der Waals surface area contributed by atoms with Crippen molar-refractivity contribution in [2.45, 2.75) is 4.90 Å². The zero-order valence-corrected chi connectivity index (χ0v) is 12.4. The molecule has 2 aromatic rings. The van der Waals surface area contributed by atoms with Gasteiger partial charge in [-0.05, 0) is 40.2 Å². The first-order valence-corrected chi connectivity index (χ1v) is 7.57. The predicted molar refractivity (Wildman–Crippen MR) is 75.7 cm³/mol. The van der Waals surface area contributed by atoms with Crippen LogP contribution in [0, 0.1) is 0 Å². The predicted octanol–water partition coefficient (Wildman–Crippen LogP) is 2.65. The summed E-state index contributed by atoms with van der Waals surface area (Å²) in [6, 6.07) is 7.84. The fourth-order valence-electron chi connectivity index (χ4n) is 1.44. The number of halogens is 1. The molecule has 1 heterocycles. The van der Waals surface area contributed by atoms with Crippen LogP contribution in [0.3, 0.4) is 0 Å². The van der Waals surface area contributed by atoms with E-state index in [0.717, 1.165) is 0 Å². The van der Waals surface area contributed by atoms with E-state index >= 15 is 0 Å². The first-order chi connectivity index (χ1) is 9.03. The third-order valence-electron chi connectivity index (χ3n) is 2.35. The third-order valence-corrected chi connectivity index (χ3v) is 4.38. The van der Waals surface area contributed by atoms with Gasteiger partial charge in [-0.2, -0.15) is 0 Å². The Morgan fingerprint density at radius 2 is 2.11 bits per heavy atom. The number of sulfonamides is 1. The number of anilines is 1. The summed E-state index contributed by atoms with van der Waals surface area (Å²) in [4.78, 5) is 3.97. The lowest BCUT2D eigenvalue weighted by Gasteiger charge is -2.09. The molecular formula is C12H11BrN2O3S. The normalized spacial score (nSPS) is 11.1. The maximum absolute atomic E-state index is 12.2.